The molecule has 2 amide bonds. The largest absolute Gasteiger partial charge is 0.417 e. The Kier molecular flexibility index (Phi) is 6.08. The minimum absolute atomic E-state index is 0.0549. The van der Waals surface area contributed by atoms with Gasteiger partial charge in [0.2, 0.25) is 5.95 Å². The van der Waals surface area contributed by atoms with E-state index in [1.807, 2.05) is 0 Å². The van der Waals surface area contributed by atoms with Crippen LogP contribution in [0.2, 0.25) is 5.02 Å². The molecule has 0 fully saturated rings. The summed E-state index contributed by atoms with van der Waals surface area (Å²) >= 11 is 8.00. The second-order valence-electron chi connectivity index (χ2n) is 4.26. The predicted octanol–water partition coefficient (Wildman–Crippen LogP) is 5.13. The van der Waals surface area contributed by atoms with Crippen molar-refractivity contribution in [1.29, 1.82) is 0 Å². The van der Waals surface area contributed by atoms with Crippen LogP contribution < -0.4 is 10.6 Å². The highest BCUT2D eigenvalue weighted by Crippen LogP contribution is 2.36. The smallest absolute Gasteiger partial charge is 0.308 e. The van der Waals surface area contributed by atoms with Crippen LogP contribution in [0, 0.1) is 0 Å². The van der Waals surface area contributed by atoms with Crippen molar-refractivity contribution in [2.45, 2.75) is 10.5 Å². The fraction of sp³-hybridized carbons (Fsp3) is 0.154. The molecule has 128 valence electrons. The van der Waals surface area contributed by atoms with Gasteiger partial charge in [-0.15, -0.1) is 6.58 Å². The molecule has 0 bridgehead atoms. The van der Waals surface area contributed by atoms with Gasteiger partial charge in [-0.25, -0.2) is 4.79 Å². The summed E-state index contributed by atoms with van der Waals surface area (Å²) in [5, 5.41) is 4.17. The lowest BCUT2D eigenvalue weighted by Crippen LogP contribution is -2.20. The van der Waals surface area contributed by atoms with Crippen molar-refractivity contribution in [2.24, 2.45) is 0 Å². The van der Waals surface area contributed by atoms with E-state index in [0.29, 0.717) is 10.1 Å². The predicted molar refractivity (Wildman–Crippen MR) is 89.9 cm³/mol. The fourth-order valence-corrected chi connectivity index (χ4v) is 3.07. The molecule has 1 aromatic carbocycles. The Morgan fingerprint density at radius 1 is 1.42 bits per heavy atom. The highest BCUT2D eigenvalue weighted by atomic mass is 35.5. The summed E-state index contributed by atoms with van der Waals surface area (Å²) in [5.74, 6) is 0.709. The standard InChI is InChI=1S/C13H10ClF3N4OS2/c1-2-5-23-12-20-10(21-24-12)19-11(22)18-7-3-4-9(14)8(6-7)13(15,16)17/h2-4,6H,1,5H2,(H2,18,19,21,22). The number of carbonyl (C=O) groups is 1. The van der Waals surface area contributed by atoms with E-state index in [4.69, 9.17) is 11.6 Å². The number of hydrogen-bond donors (Lipinski definition) is 2. The van der Waals surface area contributed by atoms with Gasteiger partial charge in [0, 0.05) is 11.4 Å². The molecule has 0 atom stereocenters. The third-order valence-corrected chi connectivity index (χ3v) is 4.65. The van der Waals surface area contributed by atoms with Gasteiger partial charge in [0.05, 0.1) is 10.6 Å². The molecule has 0 aliphatic rings. The fourth-order valence-electron chi connectivity index (χ4n) is 1.53. The van der Waals surface area contributed by atoms with E-state index in [0.717, 1.165) is 23.7 Å². The summed E-state index contributed by atoms with van der Waals surface area (Å²) in [6, 6.07) is 2.31. The summed E-state index contributed by atoms with van der Waals surface area (Å²) in [7, 11) is 0. The van der Waals surface area contributed by atoms with Gasteiger partial charge < -0.3 is 5.32 Å². The van der Waals surface area contributed by atoms with Crippen molar-refractivity contribution in [1.82, 2.24) is 9.36 Å². The topological polar surface area (TPSA) is 66.9 Å². The Morgan fingerprint density at radius 3 is 2.83 bits per heavy atom. The number of urea groups is 1. The van der Waals surface area contributed by atoms with Crippen molar-refractivity contribution >= 4 is 52.6 Å². The van der Waals surface area contributed by atoms with Gasteiger partial charge in [0.15, 0.2) is 4.34 Å². The number of nitrogens with one attached hydrogen (secondary N) is 2. The van der Waals surface area contributed by atoms with Crippen LogP contribution in [-0.4, -0.2) is 21.1 Å². The average molecular weight is 395 g/mol. The lowest BCUT2D eigenvalue weighted by molar-refractivity contribution is -0.137. The zero-order chi connectivity index (χ0) is 17.7. The lowest BCUT2D eigenvalue weighted by atomic mass is 10.2. The molecule has 2 N–H and O–H groups in total. The Balaban J connectivity index is 2.02. The van der Waals surface area contributed by atoms with Crippen LogP contribution in [0.5, 0.6) is 0 Å². The number of carbonyl (C=O) groups excluding carboxylic acids is 1. The summed E-state index contributed by atoms with van der Waals surface area (Å²) in [6.45, 7) is 3.57. The van der Waals surface area contributed by atoms with Crippen molar-refractivity contribution < 1.29 is 18.0 Å². The van der Waals surface area contributed by atoms with Crippen LogP contribution in [0.4, 0.5) is 29.6 Å². The number of thioether (sulfide) groups is 1. The molecule has 0 aliphatic heterocycles. The van der Waals surface area contributed by atoms with Crippen molar-refractivity contribution in [3.63, 3.8) is 0 Å². The first-order valence-electron chi connectivity index (χ1n) is 6.31. The zero-order valence-corrected chi connectivity index (χ0v) is 14.2. The maximum atomic E-state index is 12.8. The molecule has 0 saturated heterocycles. The highest BCUT2D eigenvalue weighted by Gasteiger charge is 2.33. The van der Waals surface area contributed by atoms with Gasteiger partial charge in [0.25, 0.3) is 0 Å². The molecular weight excluding hydrogens is 385 g/mol. The molecule has 0 spiro atoms. The van der Waals surface area contributed by atoms with E-state index in [1.165, 1.54) is 17.8 Å². The number of rotatable bonds is 5. The summed E-state index contributed by atoms with van der Waals surface area (Å²) in [6.07, 6.45) is -2.91. The molecule has 1 aromatic heterocycles. The molecule has 5 nitrogen and oxygen atoms in total. The first-order chi connectivity index (χ1) is 11.3. The SMILES string of the molecule is C=CCSc1nc(NC(=O)Nc2ccc(Cl)c(C(F)(F)F)c2)ns1. The molecule has 2 rings (SSSR count). The first kappa shape index (κ1) is 18.6. The second kappa shape index (κ2) is 7.86. The number of nitrogens with zero attached hydrogens (tertiary/aromatic N) is 2. The number of amides is 2. The minimum Gasteiger partial charge on any atom is -0.308 e. The van der Waals surface area contributed by atoms with Crippen LogP contribution in [0.1, 0.15) is 5.56 Å². The number of halogens is 4. The highest BCUT2D eigenvalue weighted by molar-refractivity contribution is 8.01. The van der Waals surface area contributed by atoms with E-state index in [9.17, 15) is 18.0 Å². The number of alkyl halides is 3. The Bertz CT molecular complexity index is 751. The van der Waals surface area contributed by atoms with E-state index >= 15 is 0 Å². The third-order valence-electron chi connectivity index (χ3n) is 2.49. The van der Waals surface area contributed by atoms with Crippen molar-refractivity contribution in [3.05, 3.63) is 41.4 Å². The Morgan fingerprint density at radius 2 is 2.17 bits per heavy atom. The molecule has 2 aromatic rings. The van der Waals surface area contributed by atoms with E-state index in [1.54, 1.807) is 6.08 Å². The van der Waals surface area contributed by atoms with E-state index in [2.05, 4.69) is 26.6 Å². The second-order valence-corrected chi connectivity index (χ2v) is 6.68. The average Bonchev–Trinajstić information content (AvgIpc) is 2.93. The van der Waals surface area contributed by atoms with Crippen LogP contribution in [0.15, 0.2) is 35.2 Å². The first-order valence-corrected chi connectivity index (χ1v) is 8.45. The molecule has 0 aliphatic carbocycles. The summed E-state index contributed by atoms with van der Waals surface area (Å²) in [5.41, 5.74) is -1.09. The quantitative estimate of drug-likeness (QED) is 0.544. The number of anilines is 2. The minimum atomic E-state index is -4.61. The lowest BCUT2D eigenvalue weighted by Gasteiger charge is -2.11. The van der Waals surface area contributed by atoms with Gasteiger partial charge >= 0.3 is 12.2 Å². The van der Waals surface area contributed by atoms with Crippen molar-refractivity contribution in [3.8, 4) is 0 Å². The van der Waals surface area contributed by atoms with Crippen LogP contribution in [0.25, 0.3) is 0 Å². The summed E-state index contributed by atoms with van der Waals surface area (Å²) < 4.78 is 42.9. The maximum Gasteiger partial charge on any atom is 0.417 e. The molecule has 0 radical (unpaired) electrons. The van der Waals surface area contributed by atoms with Crippen LogP contribution >= 0.6 is 34.9 Å². The Hall–Kier alpha value is -1.78. The van der Waals surface area contributed by atoms with Crippen molar-refractivity contribution in [2.75, 3.05) is 16.4 Å². The molecule has 0 unspecified atom stereocenters. The van der Waals surface area contributed by atoms with Gasteiger partial charge in [-0.3, -0.25) is 5.32 Å². The molecule has 0 saturated carbocycles. The third kappa shape index (κ3) is 5.11. The number of aromatic nitrogens is 2. The number of benzene rings is 1. The molecule has 24 heavy (non-hydrogen) atoms. The maximum absolute atomic E-state index is 12.8. The van der Waals surface area contributed by atoms with Crippen LogP contribution in [0.3, 0.4) is 0 Å². The summed E-state index contributed by atoms with van der Waals surface area (Å²) in [4.78, 5) is 15.9. The van der Waals surface area contributed by atoms with Gasteiger partial charge in [-0.1, -0.05) is 29.4 Å². The van der Waals surface area contributed by atoms with Gasteiger partial charge in [-0.2, -0.15) is 22.5 Å². The monoisotopic (exact) mass is 394 g/mol. The van der Waals surface area contributed by atoms with Gasteiger partial charge in [0.1, 0.15) is 0 Å². The van der Waals surface area contributed by atoms with E-state index < -0.39 is 22.8 Å². The van der Waals surface area contributed by atoms with Crippen LogP contribution in [-0.2, 0) is 6.18 Å². The van der Waals surface area contributed by atoms with E-state index in [-0.39, 0.29) is 11.6 Å². The number of hydrogen-bond acceptors (Lipinski definition) is 5. The van der Waals surface area contributed by atoms with Gasteiger partial charge in [-0.05, 0) is 29.7 Å². The zero-order valence-electron chi connectivity index (χ0n) is 11.9. The molecule has 11 heteroatoms. The molecular formula is C13H10ClF3N4OS2. The Labute approximate surface area is 148 Å². The normalized spacial score (nSPS) is 11.2. The molecule has 1 heterocycles.